The predicted molar refractivity (Wildman–Crippen MR) is 141 cm³/mol. The summed E-state index contributed by atoms with van der Waals surface area (Å²) in [5.41, 5.74) is 2.45. The molecule has 0 aliphatic carbocycles. The number of pyridine rings is 1. The largest absolute Gasteiger partial charge is 0.355 e. The van der Waals surface area contributed by atoms with E-state index in [0.29, 0.717) is 0 Å². The molecule has 3 aromatic rings. The van der Waals surface area contributed by atoms with Gasteiger partial charge in [0, 0.05) is 58.3 Å². The van der Waals surface area contributed by atoms with Crippen LogP contribution in [0.5, 0.6) is 0 Å². The molecule has 2 aromatic heterocycles. The third-order valence-corrected chi connectivity index (χ3v) is 7.05. The van der Waals surface area contributed by atoms with Crippen molar-refractivity contribution in [1.29, 1.82) is 0 Å². The normalized spacial score (nSPS) is 16.8. The molecule has 9 heteroatoms. The fourth-order valence-electron chi connectivity index (χ4n) is 5.17. The molecule has 36 heavy (non-hydrogen) atoms. The van der Waals surface area contributed by atoms with Crippen molar-refractivity contribution in [1.82, 2.24) is 19.7 Å². The maximum atomic E-state index is 13.3. The highest BCUT2D eigenvalue weighted by molar-refractivity contribution is 5.93. The molecule has 2 aliphatic heterocycles. The number of rotatable bonds is 5. The van der Waals surface area contributed by atoms with Crippen LogP contribution in [0, 0.1) is 12.8 Å². The van der Waals surface area contributed by atoms with Crippen molar-refractivity contribution in [3.8, 4) is 5.69 Å². The number of piperazine rings is 1. The Morgan fingerprint density at radius 2 is 1.58 bits per heavy atom. The van der Waals surface area contributed by atoms with Gasteiger partial charge in [-0.05, 0) is 44.0 Å². The van der Waals surface area contributed by atoms with E-state index in [9.17, 15) is 9.59 Å². The fourth-order valence-corrected chi connectivity index (χ4v) is 5.17. The molecular formula is C27H33N7O2. The highest BCUT2D eigenvalue weighted by atomic mass is 16.2. The quantitative estimate of drug-likeness (QED) is 0.595. The van der Waals surface area contributed by atoms with E-state index in [1.807, 2.05) is 71.2 Å². The molecule has 2 amide bonds. The summed E-state index contributed by atoms with van der Waals surface area (Å²) in [5, 5.41) is 7.73. The number of hydrogen-bond donors (Lipinski definition) is 1. The van der Waals surface area contributed by atoms with E-state index < -0.39 is 0 Å². The summed E-state index contributed by atoms with van der Waals surface area (Å²) in [7, 11) is 0. The lowest BCUT2D eigenvalue weighted by atomic mass is 9.95. The van der Waals surface area contributed by atoms with Gasteiger partial charge in [-0.25, -0.2) is 9.67 Å². The molecule has 4 heterocycles. The van der Waals surface area contributed by atoms with Crippen LogP contribution in [0.4, 0.5) is 17.3 Å². The van der Waals surface area contributed by atoms with Gasteiger partial charge in [-0.15, -0.1) is 0 Å². The number of carbonyl (C=O) groups is 2. The molecule has 0 saturated carbocycles. The second kappa shape index (κ2) is 10.4. The van der Waals surface area contributed by atoms with E-state index in [1.54, 1.807) is 0 Å². The molecule has 188 valence electrons. The van der Waals surface area contributed by atoms with Crippen LogP contribution in [0.25, 0.3) is 5.69 Å². The summed E-state index contributed by atoms with van der Waals surface area (Å²) in [4.78, 5) is 36.2. The van der Waals surface area contributed by atoms with Crippen molar-refractivity contribution in [2.24, 2.45) is 5.92 Å². The number of para-hydroxylation sites is 1. The summed E-state index contributed by atoms with van der Waals surface area (Å²) in [6.07, 6.45) is 3.36. The first-order chi connectivity index (χ1) is 17.5. The van der Waals surface area contributed by atoms with Crippen molar-refractivity contribution in [3.05, 3.63) is 60.4 Å². The predicted octanol–water partition coefficient (Wildman–Crippen LogP) is 3.10. The zero-order valence-electron chi connectivity index (χ0n) is 20.9. The third kappa shape index (κ3) is 4.91. The Labute approximate surface area is 211 Å². The van der Waals surface area contributed by atoms with Crippen molar-refractivity contribution in [2.75, 3.05) is 54.4 Å². The van der Waals surface area contributed by atoms with Gasteiger partial charge < -0.3 is 20.0 Å². The Balaban J connectivity index is 1.26. The van der Waals surface area contributed by atoms with Gasteiger partial charge in [0.05, 0.1) is 11.4 Å². The summed E-state index contributed by atoms with van der Waals surface area (Å²) in [6, 6.07) is 15.9. The van der Waals surface area contributed by atoms with Crippen LogP contribution >= 0.6 is 0 Å². The third-order valence-electron chi connectivity index (χ3n) is 7.05. The van der Waals surface area contributed by atoms with Gasteiger partial charge in [0.1, 0.15) is 11.5 Å². The summed E-state index contributed by atoms with van der Waals surface area (Å²) >= 11 is 0. The van der Waals surface area contributed by atoms with Crippen LogP contribution < -0.4 is 15.1 Å². The molecule has 2 aliphatic rings. The minimum Gasteiger partial charge on any atom is -0.355 e. The molecule has 0 atom stereocenters. The smallest absolute Gasteiger partial charge is 0.225 e. The van der Waals surface area contributed by atoms with Crippen molar-refractivity contribution >= 4 is 29.1 Å². The zero-order chi connectivity index (χ0) is 25.1. The lowest BCUT2D eigenvalue weighted by Crippen LogP contribution is -2.52. The van der Waals surface area contributed by atoms with Crippen molar-refractivity contribution < 1.29 is 9.59 Å². The van der Waals surface area contributed by atoms with E-state index in [4.69, 9.17) is 5.10 Å². The van der Waals surface area contributed by atoms with Crippen LogP contribution in [-0.2, 0) is 9.59 Å². The fraction of sp³-hybridized carbons (Fsp3) is 0.407. The lowest BCUT2D eigenvalue weighted by molar-refractivity contribution is -0.136. The van der Waals surface area contributed by atoms with Crippen molar-refractivity contribution in [2.45, 2.75) is 26.7 Å². The monoisotopic (exact) mass is 487 g/mol. The minimum absolute atomic E-state index is 0.0149. The van der Waals surface area contributed by atoms with Gasteiger partial charge in [-0.1, -0.05) is 24.3 Å². The first-order valence-electron chi connectivity index (χ1n) is 12.6. The van der Waals surface area contributed by atoms with Crippen LogP contribution in [0.3, 0.4) is 0 Å². The number of nitrogens with zero attached hydrogens (tertiary/aromatic N) is 6. The number of amides is 2. The van der Waals surface area contributed by atoms with Gasteiger partial charge >= 0.3 is 0 Å². The van der Waals surface area contributed by atoms with E-state index in [0.717, 1.165) is 80.8 Å². The number of benzene rings is 1. The molecule has 0 spiro atoms. The van der Waals surface area contributed by atoms with Crippen LogP contribution in [0.1, 0.15) is 25.5 Å². The zero-order valence-corrected chi connectivity index (χ0v) is 20.9. The summed E-state index contributed by atoms with van der Waals surface area (Å²) < 4.78 is 1.90. The molecule has 1 aromatic carbocycles. The minimum atomic E-state index is -0.123. The molecular weight excluding hydrogens is 454 g/mol. The highest BCUT2D eigenvalue weighted by Crippen LogP contribution is 2.35. The second-order valence-electron chi connectivity index (χ2n) is 9.47. The SMILES string of the molecule is CC(=O)Nc1c(C)nn(-c2ccccc2)c1N1CCC(C(=O)N2CCN(c3ccccn3)CC2)CC1. The number of carbonyl (C=O) groups excluding carboxylic acids is 2. The number of nitrogens with one attached hydrogen (secondary N) is 1. The molecule has 0 unspecified atom stereocenters. The van der Waals surface area contributed by atoms with Gasteiger partial charge in [-0.3, -0.25) is 9.59 Å². The molecule has 0 bridgehead atoms. The second-order valence-corrected chi connectivity index (χ2v) is 9.47. The number of piperidine rings is 1. The Kier molecular flexibility index (Phi) is 6.88. The van der Waals surface area contributed by atoms with Gasteiger partial charge in [0.15, 0.2) is 5.82 Å². The molecule has 9 nitrogen and oxygen atoms in total. The Bertz CT molecular complexity index is 1200. The van der Waals surface area contributed by atoms with Gasteiger partial charge in [-0.2, -0.15) is 5.10 Å². The topological polar surface area (TPSA) is 86.6 Å². The van der Waals surface area contributed by atoms with Crippen LogP contribution in [0.2, 0.25) is 0 Å². The molecule has 5 rings (SSSR count). The van der Waals surface area contributed by atoms with E-state index in [2.05, 4.69) is 20.1 Å². The van der Waals surface area contributed by atoms with E-state index in [1.165, 1.54) is 6.92 Å². The number of anilines is 3. The number of aryl methyl sites for hydroxylation is 1. The van der Waals surface area contributed by atoms with E-state index in [-0.39, 0.29) is 17.7 Å². The molecule has 2 fully saturated rings. The molecule has 2 saturated heterocycles. The standard InChI is InChI=1S/C27H33N7O2/c1-20-25(29-21(2)35)26(34(30-20)23-8-4-3-5-9-23)32-14-11-22(12-15-32)27(36)33-18-16-31(17-19-33)24-10-6-7-13-28-24/h3-10,13,22H,11-12,14-19H2,1-2H3,(H,29,35). The maximum absolute atomic E-state index is 13.3. The Morgan fingerprint density at radius 1 is 0.889 bits per heavy atom. The van der Waals surface area contributed by atoms with Crippen molar-refractivity contribution in [3.63, 3.8) is 0 Å². The number of aromatic nitrogens is 3. The average molecular weight is 488 g/mol. The Hall–Kier alpha value is -3.88. The average Bonchev–Trinajstić information content (AvgIpc) is 3.24. The first-order valence-corrected chi connectivity index (χ1v) is 12.6. The maximum Gasteiger partial charge on any atom is 0.225 e. The molecule has 0 radical (unpaired) electrons. The first kappa shape index (κ1) is 23.8. The van der Waals surface area contributed by atoms with Crippen LogP contribution in [0.15, 0.2) is 54.7 Å². The summed E-state index contributed by atoms with van der Waals surface area (Å²) in [5.74, 6) is 2.00. The van der Waals surface area contributed by atoms with Gasteiger partial charge in [0.25, 0.3) is 0 Å². The highest BCUT2D eigenvalue weighted by Gasteiger charge is 2.33. The lowest BCUT2D eigenvalue weighted by Gasteiger charge is -2.39. The van der Waals surface area contributed by atoms with Gasteiger partial charge in [0.2, 0.25) is 11.8 Å². The summed E-state index contributed by atoms with van der Waals surface area (Å²) in [6.45, 7) is 7.94. The Morgan fingerprint density at radius 3 is 2.22 bits per heavy atom. The van der Waals surface area contributed by atoms with E-state index >= 15 is 0 Å². The molecule has 1 N–H and O–H groups in total. The van der Waals surface area contributed by atoms with Crippen LogP contribution in [-0.4, -0.2) is 70.7 Å². The number of hydrogen-bond acceptors (Lipinski definition) is 6.